The van der Waals surface area contributed by atoms with Crippen molar-refractivity contribution in [2.75, 3.05) is 14.2 Å². The summed E-state index contributed by atoms with van der Waals surface area (Å²) in [6.45, 7) is 1.99. The van der Waals surface area contributed by atoms with Crippen LogP contribution in [0.25, 0.3) is 11.5 Å². The standard InChI is InChI=1S/C15H15N3O3S2/c1-9-16-11(7-22-9)8-23-15-18-17-14(21-15)10-4-5-12(19-2)13(6-10)20-3/h4-7H,8H2,1-3H3. The third-order valence-corrected chi connectivity index (χ3v) is 4.72. The van der Waals surface area contributed by atoms with Gasteiger partial charge in [-0.05, 0) is 25.1 Å². The van der Waals surface area contributed by atoms with Gasteiger partial charge >= 0.3 is 0 Å². The molecule has 3 rings (SSSR count). The summed E-state index contributed by atoms with van der Waals surface area (Å²) in [4.78, 5) is 4.41. The fourth-order valence-electron chi connectivity index (χ4n) is 1.96. The van der Waals surface area contributed by atoms with Gasteiger partial charge < -0.3 is 13.9 Å². The number of aryl methyl sites for hydroxylation is 1. The predicted octanol–water partition coefficient (Wildman–Crippen LogP) is 3.81. The highest BCUT2D eigenvalue weighted by molar-refractivity contribution is 7.98. The molecule has 8 heteroatoms. The normalized spacial score (nSPS) is 10.7. The second kappa shape index (κ2) is 7.01. The summed E-state index contributed by atoms with van der Waals surface area (Å²) in [7, 11) is 3.19. The molecule has 0 aliphatic rings. The molecule has 0 aliphatic carbocycles. The van der Waals surface area contributed by atoms with E-state index in [2.05, 4.69) is 15.2 Å². The Bertz CT molecular complexity index is 801. The van der Waals surface area contributed by atoms with Crippen molar-refractivity contribution in [3.8, 4) is 23.0 Å². The Morgan fingerprint density at radius 1 is 1.17 bits per heavy atom. The lowest BCUT2D eigenvalue weighted by Gasteiger charge is -2.07. The van der Waals surface area contributed by atoms with Crippen LogP contribution in [0.2, 0.25) is 0 Å². The minimum Gasteiger partial charge on any atom is -0.493 e. The molecule has 2 aromatic heterocycles. The van der Waals surface area contributed by atoms with Crippen LogP contribution in [0.15, 0.2) is 33.2 Å². The molecule has 2 heterocycles. The van der Waals surface area contributed by atoms with Crippen LogP contribution in [0, 0.1) is 6.92 Å². The zero-order valence-corrected chi connectivity index (χ0v) is 14.5. The first-order chi connectivity index (χ1) is 11.2. The summed E-state index contributed by atoms with van der Waals surface area (Å²) in [6.07, 6.45) is 0. The van der Waals surface area contributed by atoms with Crippen molar-refractivity contribution in [2.45, 2.75) is 17.9 Å². The minimum absolute atomic E-state index is 0.447. The monoisotopic (exact) mass is 349 g/mol. The van der Waals surface area contributed by atoms with Gasteiger partial charge in [0.25, 0.3) is 5.22 Å². The van der Waals surface area contributed by atoms with Gasteiger partial charge in [-0.3, -0.25) is 0 Å². The van der Waals surface area contributed by atoms with E-state index in [1.54, 1.807) is 25.6 Å². The molecule has 0 saturated carbocycles. The van der Waals surface area contributed by atoms with Crippen molar-refractivity contribution in [1.82, 2.24) is 15.2 Å². The lowest BCUT2D eigenvalue weighted by Crippen LogP contribution is -1.90. The number of ether oxygens (including phenoxy) is 2. The van der Waals surface area contributed by atoms with E-state index in [4.69, 9.17) is 13.9 Å². The molecule has 0 amide bonds. The average Bonchev–Trinajstić information content (AvgIpc) is 3.21. The van der Waals surface area contributed by atoms with E-state index < -0.39 is 0 Å². The van der Waals surface area contributed by atoms with Crippen molar-refractivity contribution in [3.63, 3.8) is 0 Å². The molecule has 0 spiro atoms. The molecule has 3 aromatic rings. The smallest absolute Gasteiger partial charge is 0.277 e. The van der Waals surface area contributed by atoms with E-state index in [-0.39, 0.29) is 0 Å². The first kappa shape index (κ1) is 15.8. The largest absolute Gasteiger partial charge is 0.493 e. The summed E-state index contributed by atoms with van der Waals surface area (Å²) >= 11 is 3.10. The predicted molar refractivity (Wildman–Crippen MR) is 89.3 cm³/mol. The molecule has 0 aliphatic heterocycles. The van der Waals surface area contributed by atoms with E-state index in [0.29, 0.717) is 28.4 Å². The Hall–Kier alpha value is -2.06. The second-order valence-electron chi connectivity index (χ2n) is 4.59. The summed E-state index contributed by atoms with van der Waals surface area (Å²) in [6, 6.07) is 5.47. The van der Waals surface area contributed by atoms with Gasteiger partial charge in [0.2, 0.25) is 5.89 Å². The first-order valence-corrected chi connectivity index (χ1v) is 8.66. The van der Waals surface area contributed by atoms with Crippen LogP contribution in [0.3, 0.4) is 0 Å². The maximum Gasteiger partial charge on any atom is 0.277 e. The van der Waals surface area contributed by atoms with E-state index in [9.17, 15) is 0 Å². The number of benzene rings is 1. The topological polar surface area (TPSA) is 70.3 Å². The summed E-state index contributed by atoms with van der Waals surface area (Å²) < 4.78 is 16.2. The Kier molecular flexibility index (Phi) is 4.82. The minimum atomic E-state index is 0.447. The molecule has 6 nitrogen and oxygen atoms in total. The molecule has 0 fully saturated rings. The van der Waals surface area contributed by atoms with Gasteiger partial charge in [0.05, 0.1) is 24.9 Å². The van der Waals surface area contributed by atoms with E-state index in [1.165, 1.54) is 11.8 Å². The van der Waals surface area contributed by atoms with E-state index in [0.717, 1.165) is 16.3 Å². The lowest BCUT2D eigenvalue weighted by molar-refractivity contribution is 0.355. The summed E-state index contributed by atoms with van der Waals surface area (Å²) in [5, 5.41) is 11.7. The zero-order valence-electron chi connectivity index (χ0n) is 12.9. The number of thioether (sulfide) groups is 1. The first-order valence-electron chi connectivity index (χ1n) is 6.79. The second-order valence-corrected chi connectivity index (χ2v) is 6.58. The summed E-state index contributed by atoms with van der Waals surface area (Å²) in [5.74, 6) is 2.43. The molecular weight excluding hydrogens is 334 g/mol. The molecule has 0 bridgehead atoms. The van der Waals surface area contributed by atoms with Gasteiger partial charge in [0.1, 0.15) is 0 Å². The van der Waals surface area contributed by atoms with Crippen molar-refractivity contribution in [1.29, 1.82) is 0 Å². The van der Waals surface area contributed by atoms with Crippen LogP contribution in [-0.4, -0.2) is 29.4 Å². The molecule has 0 radical (unpaired) electrons. The van der Waals surface area contributed by atoms with Crippen molar-refractivity contribution < 1.29 is 13.9 Å². The third-order valence-electron chi connectivity index (χ3n) is 3.05. The SMILES string of the molecule is COc1ccc(-c2nnc(SCc3csc(C)n3)o2)cc1OC. The zero-order chi connectivity index (χ0) is 16.2. The lowest BCUT2D eigenvalue weighted by atomic mass is 10.2. The number of thiazole rings is 1. The Morgan fingerprint density at radius 3 is 2.70 bits per heavy atom. The van der Waals surface area contributed by atoms with Crippen LogP contribution >= 0.6 is 23.1 Å². The maximum absolute atomic E-state index is 5.69. The number of aromatic nitrogens is 3. The van der Waals surface area contributed by atoms with E-state index in [1.807, 2.05) is 30.5 Å². The Labute approximate surface area is 141 Å². The number of hydrogen-bond acceptors (Lipinski definition) is 8. The highest BCUT2D eigenvalue weighted by Gasteiger charge is 2.13. The van der Waals surface area contributed by atoms with Crippen molar-refractivity contribution >= 4 is 23.1 Å². The third kappa shape index (κ3) is 3.65. The fourth-order valence-corrected chi connectivity index (χ4v) is 3.34. The Balaban J connectivity index is 1.73. The van der Waals surface area contributed by atoms with E-state index >= 15 is 0 Å². The van der Waals surface area contributed by atoms with Crippen molar-refractivity contribution in [2.24, 2.45) is 0 Å². The molecule has 0 atom stereocenters. The van der Waals surface area contributed by atoms with Crippen molar-refractivity contribution in [3.05, 3.63) is 34.3 Å². The molecule has 23 heavy (non-hydrogen) atoms. The molecule has 0 unspecified atom stereocenters. The number of hydrogen-bond donors (Lipinski definition) is 0. The average molecular weight is 349 g/mol. The highest BCUT2D eigenvalue weighted by Crippen LogP contribution is 2.33. The van der Waals surface area contributed by atoms with Gasteiger partial charge in [-0.2, -0.15) is 0 Å². The van der Waals surface area contributed by atoms with Crippen LogP contribution in [0.1, 0.15) is 10.7 Å². The molecule has 120 valence electrons. The maximum atomic E-state index is 5.69. The van der Waals surface area contributed by atoms with Gasteiger partial charge in [-0.25, -0.2) is 4.98 Å². The van der Waals surface area contributed by atoms with Crippen LogP contribution in [0.4, 0.5) is 0 Å². The Morgan fingerprint density at radius 2 is 2.00 bits per heavy atom. The van der Waals surface area contributed by atoms with Gasteiger partial charge in [0.15, 0.2) is 11.5 Å². The molecule has 0 saturated heterocycles. The fraction of sp³-hybridized carbons (Fsp3) is 0.267. The van der Waals surface area contributed by atoms with Gasteiger partial charge in [-0.15, -0.1) is 21.5 Å². The molecular formula is C15H15N3O3S2. The number of nitrogens with zero attached hydrogens (tertiary/aromatic N) is 3. The van der Waals surface area contributed by atoms with Gasteiger partial charge in [0, 0.05) is 16.7 Å². The number of rotatable bonds is 6. The van der Waals surface area contributed by atoms with Crippen LogP contribution in [-0.2, 0) is 5.75 Å². The quantitative estimate of drug-likeness (QED) is 0.627. The molecule has 0 N–H and O–H groups in total. The van der Waals surface area contributed by atoms with Crippen LogP contribution < -0.4 is 9.47 Å². The summed E-state index contributed by atoms with van der Waals surface area (Å²) in [5.41, 5.74) is 1.80. The van der Waals surface area contributed by atoms with Gasteiger partial charge in [-0.1, -0.05) is 11.8 Å². The highest BCUT2D eigenvalue weighted by atomic mass is 32.2. The molecule has 1 aromatic carbocycles. The number of methoxy groups -OCH3 is 2. The van der Waals surface area contributed by atoms with Crippen LogP contribution in [0.5, 0.6) is 11.5 Å².